The SMILES string of the molecule is CSC1=C(Nc2ccc(I)cc2)C(=O)c2cccnc2C1=O. The summed E-state index contributed by atoms with van der Waals surface area (Å²) < 4.78 is 1.10. The fourth-order valence-corrected chi connectivity index (χ4v) is 3.20. The van der Waals surface area contributed by atoms with Crippen molar-refractivity contribution in [2.45, 2.75) is 0 Å². The average Bonchev–Trinajstić information content (AvgIpc) is 2.55. The largest absolute Gasteiger partial charge is 0.351 e. The first-order valence-electron chi connectivity index (χ1n) is 6.47. The van der Waals surface area contributed by atoms with Crippen LogP contribution in [0.15, 0.2) is 53.2 Å². The highest BCUT2D eigenvalue weighted by molar-refractivity contribution is 14.1. The van der Waals surface area contributed by atoms with Crippen LogP contribution in [0.5, 0.6) is 0 Å². The van der Waals surface area contributed by atoms with Crippen molar-refractivity contribution >= 4 is 51.6 Å². The molecule has 0 saturated carbocycles. The fourth-order valence-electron chi connectivity index (χ4n) is 2.21. The van der Waals surface area contributed by atoms with Gasteiger partial charge in [-0.2, -0.15) is 0 Å². The summed E-state index contributed by atoms with van der Waals surface area (Å²) in [6.07, 6.45) is 3.31. The maximum absolute atomic E-state index is 12.7. The van der Waals surface area contributed by atoms with Gasteiger partial charge in [-0.1, -0.05) is 0 Å². The van der Waals surface area contributed by atoms with Crippen LogP contribution in [0.2, 0.25) is 0 Å². The van der Waals surface area contributed by atoms with Gasteiger partial charge in [0.25, 0.3) is 0 Å². The van der Waals surface area contributed by atoms with Crippen molar-refractivity contribution in [3.05, 3.63) is 68.0 Å². The quantitative estimate of drug-likeness (QED) is 0.764. The number of halogens is 1. The molecule has 0 unspecified atom stereocenters. The maximum atomic E-state index is 12.7. The van der Waals surface area contributed by atoms with E-state index in [-0.39, 0.29) is 17.3 Å². The van der Waals surface area contributed by atoms with Gasteiger partial charge in [0.15, 0.2) is 0 Å². The normalized spacial score (nSPS) is 14.1. The zero-order valence-corrected chi connectivity index (χ0v) is 14.6. The molecule has 0 bridgehead atoms. The Balaban J connectivity index is 2.06. The predicted molar refractivity (Wildman–Crippen MR) is 96.2 cm³/mol. The van der Waals surface area contributed by atoms with Crippen molar-refractivity contribution in [3.63, 3.8) is 0 Å². The summed E-state index contributed by atoms with van der Waals surface area (Å²) >= 11 is 3.47. The van der Waals surface area contributed by atoms with Gasteiger partial charge >= 0.3 is 0 Å². The molecule has 0 fully saturated rings. The minimum absolute atomic E-state index is 0.203. The van der Waals surface area contributed by atoms with E-state index in [2.05, 4.69) is 32.9 Å². The highest BCUT2D eigenvalue weighted by atomic mass is 127. The molecule has 0 atom stereocenters. The molecule has 1 aliphatic rings. The number of anilines is 1. The molecule has 0 radical (unpaired) electrons. The van der Waals surface area contributed by atoms with Crippen LogP contribution in [0.1, 0.15) is 20.8 Å². The molecule has 4 nitrogen and oxygen atoms in total. The van der Waals surface area contributed by atoms with Gasteiger partial charge in [0, 0.05) is 15.5 Å². The summed E-state index contributed by atoms with van der Waals surface area (Å²) in [5.41, 5.74) is 1.66. The van der Waals surface area contributed by atoms with Gasteiger partial charge in [0.2, 0.25) is 11.6 Å². The molecule has 1 aromatic carbocycles. The Bertz CT molecular complexity index is 800. The van der Waals surface area contributed by atoms with Gasteiger partial charge in [-0.05, 0) is 65.2 Å². The number of allylic oxidation sites excluding steroid dienone is 2. The standard InChI is InChI=1S/C16H11IN2O2S/c1-22-16-13(19-10-6-4-9(17)5-7-10)14(20)11-3-2-8-18-12(11)15(16)21/h2-8,19H,1H3. The van der Waals surface area contributed by atoms with E-state index in [0.717, 1.165) is 9.26 Å². The van der Waals surface area contributed by atoms with Crippen molar-refractivity contribution in [2.24, 2.45) is 0 Å². The number of benzene rings is 1. The van der Waals surface area contributed by atoms with Crippen molar-refractivity contribution in [3.8, 4) is 0 Å². The minimum atomic E-state index is -0.212. The molecule has 1 heterocycles. The molecule has 0 spiro atoms. The Labute approximate surface area is 145 Å². The average molecular weight is 422 g/mol. The molecule has 3 rings (SSSR count). The Morgan fingerprint density at radius 3 is 2.50 bits per heavy atom. The van der Waals surface area contributed by atoms with Crippen molar-refractivity contribution in [2.75, 3.05) is 11.6 Å². The fraction of sp³-hybridized carbons (Fsp3) is 0.0625. The molecule has 0 aliphatic heterocycles. The number of fused-ring (bicyclic) bond motifs is 1. The molecule has 22 heavy (non-hydrogen) atoms. The van der Waals surface area contributed by atoms with Gasteiger partial charge in [-0.25, -0.2) is 0 Å². The summed E-state index contributed by atoms with van der Waals surface area (Å²) in [7, 11) is 0. The number of pyridine rings is 1. The van der Waals surface area contributed by atoms with Crippen molar-refractivity contribution in [1.82, 2.24) is 4.98 Å². The maximum Gasteiger partial charge on any atom is 0.220 e. The van der Waals surface area contributed by atoms with Gasteiger partial charge in [-0.15, -0.1) is 11.8 Å². The van der Waals surface area contributed by atoms with Crippen LogP contribution in [-0.2, 0) is 0 Å². The van der Waals surface area contributed by atoms with Gasteiger partial charge < -0.3 is 5.32 Å². The summed E-state index contributed by atoms with van der Waals surface area (Å²) in [4.78, 5) is 29.6. The van der Waals surface area contributed by atoms with E-state index in [0.29, 0.717) is 16.2 Å². The summed E-state index contributed by atoms with van der Waals surface area (Å²) in [6.45, 7) is 0. The highest BCUT2D eigenvalue weighted by Gasteiger charge is 2.33. The van der Waals surface area contributed by atoms with Gasteiger partial charge in [-0.3, -0.25) is 14.6 Å². The zero-order chi connectivity index (χ0) is 15.7. The van der Waals surface area contributed by atoms with E-state index in [1.807, 2.05) is 24.3 Å². The van der Waals surface area contributed by atoms with Crippen LogP contribution in [-0.4, -0.2) is 22.8 Å². The van der Waals surface area contributed by atoms with Crippen LogP contribution >= 0.6 is 34.4 Å². The molecule has 0 amide bonds. The molecule has 6 heteroatoms. The summed E-state index contributed by atoms with van der Waals surface area (Å²) in [5.74, 6) is -0.415. The lowest BCUT2D eigenvalue weighted by atomic mass is 9.96. The number of aromatic nitrogens is 1. The molecular formula is C16H11IN2O2S. The van der Waals surface area contributed by atoms with E-state index in [1.54, 1.807) is 18.4 Å². The van der Waals surface area contributed by atoms with Gasteiger partial charge in [0.05, 0.1) is 10.5 Å². The molecule has 1 N–H and O–H groups in total. The van der Waals surface area contributed by atoms with Crippen LogP contribution in [0.3, 0.4) is 0 Å². The number of ketones is 2. The summed E-state index contributed by atoms with van der Waals surface area (Å²) in [5, 5.41) is 3.09. The van der Waals surface area contributed by atoms with E-state index < -0.39 is 0 Å². The lowest BCUT2D eigenvalue weighted by molar-refractivity contribution is 0.0979. The van der Waals surface area contributed by atoms with Crippen LogP contribution < -0.4 is 5.32 Å². The number of Topliss-reactive ketones (excluding diaryl/α,β-unsaturated/α-hetero) is 2. The Morgan fingerprint density at radius 1 is 1.09 bits per heavy atom. The van der Waals surface area contributed by atoms with Crippen molar-refractivity contribution in [1.29, 1.82) is 0 Å². The van der Waals surface area contributed by atoms with E-state index in [1.165, 1.54) is 18.0 Å². The van der Waals surface area contributed by atoms with Crippen molar-refractivity contribution < 1.29 is 9.59 Å². The minimum Gasteiger partial charge on any atom is -0.351 e. The first kappa shape index (κ1) is 15.2. The number of hydrogen-bond donors (Lipinski definition) is 1. The monoisotopic (exact) mass is 422 g/mol. The summed E-state index contributed by atoms with van der Waals surface area (Å²) in [6, 6.07) is 10.9. The number of thioether (sulfide) groups is 1. The second-order valence-electron chi connectivity index (χ2n) is 4.60. The number of nitrogens with zero attached hydrogens (tertiary/aromatic N) is 1. The van der Waals surface area contributed by atoms with Crippen LogP contribution in [0, 0.1) is 3.57 Å². The molecule has 1 aromatic heterocycles. The third-order valence-electron chi connectivity index (χ3n) is 3.25. The van der Waals surface area contributed by atoms with E-state index in [9.17, 15) is 9.59 Å². The topological polar surface area (TPSA) is 59.1 Å². The molecule has 0 saturated heterocycles. The third kappa shape index (κ3) is 2.68. The Kier molecular flexibility index (Phi) is 4.30. The lowest BCUT2D eigenvalue weighted by Gasteiger charge is -2.20. The zero-order valence-electron chi connectivity index (χ0n) is 11.6. The van der Waals surface area contributed by atoms with Crippen LogP contribution in [0.4, 0.5) is 5.69 Å². The van der Waals surface area contributed by atoms with E-state index >= 15 is 0 Å². The molecule has 1 aliphatic carbocycles. The number of carbonyl (C=O) groups is 2. The number of nitrogens with one attached hydrogen (secondary N) is 1. The Morgan fingerprint density at radius 2 is 1.82 bits per heavy atom. The first-order chi connectivity index (χ1) is 10.6. The Hall–Kier alpha value is -1.67. The van der Waals surface area contributed by atoms with Crippen LogP contribution in [0.25, 0.3) is 0 Å². The van der Waals surface area contributed by atoms with E-state index in [4.69, 9.17) is 0 Å². The first-order valence-corrected chi connectivity index (χ1v) is 8.77. The second-order valence-corrected chi connectivity index (χ2v) is 6.66. The van der Waals surface area contributed by atoms with Gasteiger partial charge in [0.1, 0.15) is 11.4 Å². The second kappa shape index (κ2) is 6.21. The lowest BCUT2D eigenvalue weighted by Crippen LogP contribution is -2.25. The third-order valence-corrected chi connectivity index (χ3v) is 4.76. The number of carbonyl (C=O) groups excluding carboxylic acids is 2. The molecular weight excluding hydrogens is 411 g/mol. The predicted octanol–water partition coefficient (Wildman–Crippen LogP) is 3.75. The number of hydrogen-bond acceptors (Lipinski definition) is 5. The molecule has 2 aromatic rings. The number of rotatable bonds is 3. The highest BCUT2D eigenvalue weighted by Crippen LogP contribution is 2.31. The smallest absolute Gasteiger partial charge is 0.220 e. The molecule has 110 valence electrons.